The molecule has 0 bridgehead atoms. The van der Waals surface area contributed by atoms with E-state index in [0.29, 0.717) is 19.0 Å². The van der Waals surface area contributed by atoms with Crippen LogP contribution in [0.4, 0.5) is 0 Å². The fourth-order valence-electron chi connectivity index (χ4n) is 5.92. The summed E-state index contributed by atoms with van der Waals surface area (Å²) in [5.74, 6) is 1.41. The number of ether oxygens (including phenoxy) is 3. The molecule has 1 saturated heterocycles. The van der Waals surface area contributed by atoms with Crippen LogP contribution in [-0.2, 0) is 9.30 Å². The molecule has 38 heavy (non-hydrogen) atoms. The first-order chi connectivity index (χ1) is 18.7. The van der Waals surface area contributed by atoms with E-state index >= 15 is 4.57 Å². The average molecular weight is 522 g/mol. The third-order valence-corrected chi connectivity index (χ3v) is 10.9. The molecule has 190 valence electrons. The molecule has 2 atom stereocenters. The average Bonchev–Trinajstić information content (AvgIpc) is 3.40. The first-order valence-electron chi connectivity index (χ1n) is 13.0. The summed E-state index contributed by atoms with van der Waals surface area (Å²) in [5, 5.41) is 2.44. The Bertz CT molecular complexity index is 1490. The summed E-state index contributed by atoms with van der Waals surface area (Å²) >= 11 is 0. The van der Waals surface area contributed by atoms with Gasteiger partial charge in [0.25, 0.3) is 0 Å². The largest absolute Gasteiger partial charge is 0.454 e. The maximum Gasteiger partial charge on any atom is 0.231 e. The van der Waals surface area contributed by atoms with E-state index in [1.54, 1.807) is 0 Å². The third-order valence-electron chi connectivity index (χ3n) is 7.74. The van der Waals surface area contributed by atoms with Crippen LogP contribution in [0.1, 0.15) is 28.8 Å². The highest BCUT2D eigenvalue weighted by molar-refractivity contribution is 7.87. The summed E-state index contributed by atoms with van der Waals surface area (Å²) in [4.78, 5) is 2.48. The second kappa shape index (κ2) is 9.59. The molecule has 0 aliphatic carbocycles. The maximum atomic E-state index is 15.8. The molecule has 4 aromatic rings. The van der Waals surface area contributed by atoms with Crippen LogP contribution in [0.3, 0.4) is 0 Å². The van der Waals surface area contributed by atoms with E-state index in [4.69, 9.17) is 14.2 Å². The zero-order valence-electron chi connectivity index (χ0n) is 20.9. The Labute approximate surface area is 222 Å². The van der Waals surface area contributed by atoms with Crippen molar-refractivity contribution in [2.75, 3.05) is 26.6 Å². The Balaban J connectivity index is 1.56. The maximum absolute atomic E-state index is 15.8. The van der Waals surface area contributed by atoms with Crippen molar-refractivity contribution in [1.29, 1.82) is 0 Å². The Morgan fingerprint density at radius 1 is 0.763 bits per heavy atom. The lowest BCUT2D eigenvalue weighted by Crippen LogP contribution is -2.41. The lowest BCUT2D eigenvalue weighted by Gasteiger charge is -2.39. The highest BCUT2D eigenvalue weighted by Crippen LogP contribution is 2.61. The number of rotatable bonds is 4. The molecule has 4 aromatic carbocycles. The van der Waals surface area contributed by atoms with E-state index in [2.05, 4.69) is 41.3 Å². The molecule has 0 radical (unpaired) electrons. The van der Waals surface area contributed by atoms with Crippen molar-refractivity contribution in [1.82, 2.24) is 4.90 Å². The van der Waals surface area contributed by atoms with Gasteiger partial charge in [-0.25, -0.2) is 0 Å². The van der Waals surface area contributed by atoms with Gasteiger partial charge in [-0.15, -0.1) is 0 Å². The monoisotopic (exact) mass is 521 g/mol. The molecule has 5 nitrogen and oxygen atoms in total. The molecule has 0 aromatic heterocycles. The number of benzene rings is 4. The lowest BCUT2D eigenvalue weighted by atomic mass is 9.98. The van der Waals surface area contributed by atoms with Gasteiger partial charge >= 0.3 is 0 Å². The summed E-state index contributed by atoms with van der Waals surface area (Å²) in [6.45, 7) is 2.16. The quantitative estimate of drug-likeness (QED) is 0.313. The topological polar surface area (TPSA) is 48.0 Å². The number of hydrogen-bond acceptors (Lipinski definition) is 5. The smallest absolute Gasteiger partial charge is 0.231 e. The third kappa shape index (κ3) is 3.82. The van der Waals surface area contributed by atoms with Gasteiger partial charge in [-0.1, -0.05) is 97.1 Å². The summed E-state index contributed by atoms with van der Waals surface area (Å²) in [6, 6.07) is 34.2. The standard InChI is InChI=1S/C32H28NO4P/c34-38(24-12-6-2-7-13-24,25-14-8-3-9-15-25)32-20-28(23-10-4-1-5-11-23)33-16-17-35-21-29(33)26-18-30-31(19-27(26)32)37-22-36-30/h1-15,18-20,28-29H,16-17,21-22H2/t28-,29+/m1/s1. The van der Waals surface area contributed by atoms with Gasteiger partial charge in [-0.05, 0) is 28.8 Å². The SMILES string of the molecule is O=P(C1=C[C@H](c2ccccc2)N2CCOC[C@H]2c2cc3c(cc21)OCO3)(c1ccccc1)c1ccccc1. The van der Waals surface area contributed by atoms with Crippen LogP contribution in [0.25, 0.3) is 5.31 Å². The highest BCUT2D eigenvalue weighted by Gasteiger charge is 2.42. The van der Waals surface area contributed by atoms with Gasteiger partial charge in [0.05, 0.1) is 25.3 Å². The van der Waals surface area contributed by atoms with Crippen LogP contribution in [0.2, 0.25) is 0 Å². The lowest BCUT2D eigenvalue weighted by molar-refractivity contribution is -0.0213. The molecule has 3 heterocycles. The molecule has 6 heteroatoms. The molecule has 1 fully saturated rings. The first kappa shape index (κ1) is 23.5. The van der Waals surface area contributed by atoms with Crippen LogP contribution in [0.15, 0.2) is 109 Å². The zero-order valence-corrected chi connectivity index (χ0v) is 21.8. The Hall–Kier alpha value is -3.63. The number of nitrogens with zero attached hydrogens (tertiary/aromatic N) is 1. The van der Waals surface area contributed by atoms with Crippen molar-refractivity contribution in [2.24, 2.45) is 0 Å². The molecule has 0 amide bonds. The van der Waals surface area contributed by atoms with Crippen LogP contribution < -0.4 is 20.1 Å². The summed E-state index contributed by atoms with van der Waals surface area (Å²) in [7, 11) is -3.30. The van der Waals surface area contributed by atoms with E-state index in [1.165, 1.54) is 0 Å². The Morgan fingerprint density at radius 2 is 1.37 bits per heavy atom. The van der Waals surface area contributed by atoms with Crippen molar-refractivity contribution >= 4 is 23.1 Å². The Morgan fingerprint density at radius 3 is 2.03 bits per heavy atom. The van der Waals surface area contributed by atoms with Crippen molar-refractivity contribution in [3.8, 4) is 11.5 Å². The van der Waals surface area contributed by atoms with Crippen molar-refractivity contribution in [2.45, 2.75) is 12.1 Å². The molecular weight excluding hydrogens is 493 g/mol. The molecule has 0 N–H and O–H groups in total. The van der Waals surface area contributed by atoms with Gasteiger partial charge in [-0.3, -0.25) is 4.90 Å². The normalized spacial score (nSPS) is 20.7. The van der Waals surface area contributed by atoms with Gasteiger partial charge in [0.1, 0.15) is 0 Å². The fraction of sp³-hybridized carbons (Fsp3) is 0.188. The van der Waals surface area contributed by atoms with Gasteiger partial charge in [0.2, 0.25) is 6.79 Å². The summed E-state index contributed by atoms with van der Waals surface area (Å²) in [5.41, 5.74) is 3.16. The van der Waals surface area contributed by atoms with Crippen molar-refractivity contribution in [3.05, 3.63) is 126 Å². The van der Waals surface area contributed by atoms with Crippen molar-refractivity contribution in [3.63, 3.8) is 0 Å². The first-order valence-corrected chi connectivity index (χ1v) is 14.7. The summed E-state index contributed by atoms with van der Waals surface area (Å²) < 4.78 is 33.5. The van der Waals surface area contributed by atoms with E-state index in [9.17, 15) is 0 Å². The van der Waals surface area contributed by atoms with E-state index in [0.717, 1.165) is 44.9 Å². The van der Waals surface area contributed by atoms with E-state index in [1.807, 2.05) is 72.8 Å². The minimum absolute atomic E-state index is 0.0211. The van der Waals surface area contributed by atoms with E-state index in [-0.39, 0.29) is 18.9 Å². The van der Waals surface area contributed by atoms with Crippen LogP contribution >= 0.6 is 7.14 Å². The van der Waals surface area contributed by atoms with Crippen LogP contribution in [0, 0.1) is 0 Å². The second-order valence-electron chi connectivity index (χ2n) is 9.81. The highest BCUT2D eigenvalue weighted by atomic mass is 31.2. The predicted molar refractivity (Wildman–Crippen MR) is 150 cm³/mol. The fourth-order valence-corrected chi connectivity index (χ4v) is 8.85. The van der Waals surface area contributed by atoms with Gasteiger partial charge in [0, 0.05) is 22.5 Å². The zero-order chi connectivity index (χ0) is 25.5. The minimum atomic E-state index is -3.30. The Kier molecular flexibility index (Phi) is 5.93. The molecule has 0 unspecified atom stereocenters. The molecule has 0 saturated carbocycles. The van der Waals surface area contributed by atoms with Gasteiger partial charge < -0.3 is 18.8 Å². The van der Waals surface area contributed by atoms with E-state index < -0.39 is 7.14 Å². The summed E-state index contributed by atoms with van der Waals surface area (Å²) in [6.07, 6.45) is 2.24. The van der Waals surface area contributed by atoms with Crippen molar-refractivity contribution < 1.29 is 18.8 Å². The molecule has 0 spiro atoms. The second-order valence-corrected chi connectivity index (χ2v) is 12.5. The van der Waals surface area contributed by atoms with Gasteiger partial charge in [0.15, 0.2) is 18.6 Å². The number of morpholine rings is 1. The molecule has 7 rings (SSSR count). The molecule has 3 aliphatic rings. The van der Waals surface area contributed by atoms with Gasteiger partial charge in [-0.2, -0.15) is 0 Å². The minimum Gasteiger partial charge on any atom is -0.454 e. The molecular formula is C32H28NO4P. The molecule has 3 aliphatic heterocycles. The predicted octanol–water partition coefficient (Wildman–Crippen LogP) is 5.90. The number of fused-ring (bicyclic) bond motifs is 4. The van der Waals surface area contributed by atoms with Crippen LogP contribution in [-0.4, -0.2) is 31.5 Å². The van der Waals surface area contributed by atoms with Crippen LogP contribution in [0.5, 0.6) is 11.5 Å². The number of hydrogen-bond donors (Lipinski definition) is 0.